The van der Waals surface area contributed by atoms with Crippen molar-refractivity contribution in [2.75, 3.05) is 18.5 Å². The lowest BCUT2D eigenvalue weighted by Gasteiger charge is -2.34. The van der Waals surface area contributed by atoms with Crippen LogP contribution in [0.5, 0.6) is 0 Å². The molecule has 166 valence electrons. The van der Waals surface area contributed by atoms with E-state index in [-0.39, 0.29) is 12.5 Å². The van der Waals surface area contributed by atoms with Crippen molar-refractivity contribution in [3.8, 4) is 0 Å². The normalized spacial score (nSPS) is 11.2. The van der Waals surface area contributed by atoms with E-state index < -0.39 is 5.54 Å². The van der Waals surface area contributed by atoms with E-state index >= 15 is 0 Å². The number of nitrogens with one attached hydrogen (secondary N) is 1. The minimum absolute atomic E-state index is 0.0503. The lowest BCUT2D eigenvalue weighted by molar-refractivity contribution is -0.123. The fourth-order valence-corrected chi connectivity index (χ4v) is 3.84. The minimum Gasteiger partial charge on any atom is -0.344 e. The fourth-order valence-electron chi connectivity index (χ4n) is 3.68. The standard InChI is InChI=1S/C27H31N3OS/c1-27(2,26(32)29(3)24-17-11-6-12-18-24)28-25(31)21-30(19-22-13-7-4-8-14-22)20-23-15-9-5-10-16-23/h4-18H,19-21H2,1-3H3,(H,28,31). The zero-order chi connectivity index (χ0) is 23.0. The molecule has 0 atom stereocenters. The van der Waals surface area contributed by atoms with Crippen LogP contribution >= 0.6 is 12.2 Å². The van der Waals surface area contributed by atoms with Crippen LogP contribution in [0.15, 0.2) is 91.0 Å². The Morgan fingerprint density at radius 1 is 0.812 bits per heavy atom. The van der Waals surface area contributed by atoms with Gasteiger partial charge >= 0.3 is 0 Å². The molecule has 0 aliphatic carbocycles. The highest BCUT2D eigenvalue weighted by Gasteiger charge is 2.29. The quantitative estimate of drug-likeness (QED) is 0.468. The van der Waals surface area contributed by atoms with Crippen LogP contribution < -0.4 is 10.2 Å². The van der Waals surface area contributed by atoms with Crippen molar-refractivity contribution in [3.05, 3.63) is 102 Å². The van der Waals surface area contributed by atoms with Crippen molar-refractivity contribution in [1.29, 1.82) is 0 Å². The number of thiocarbonyl (C=S) groups is 1. The Bertz CT molecular complexity index is 965. The van der Waals surface area contributed by atoms with Crippen LogP contribution in [0.4, 0.5) is 5.69 Å². The van der Waals surface area contributed by atoms with Gasteiger partial charge < -0.3 is 10.2 Å². The maximum absolute atomic E-state index is 13.1. The van der Waals surface area contributed by atoms with Gasteiger partial charge in [-0.2, -0.15) is 0 Å². The Labute approximate surface area is 196 Å². The number of para-hydroxylation sites is 1. The number of nitrogens with zero attached hydrogens (tertiary/aromatic N) is 2. The molecule has 5 heteroatoms. The number of amides is 1. The molecule has 0 spiro atoms. The van der Waals surface area contributed by atoms with Crippen molar-refractivity contribution < 1.29 is 4.79 Å². The van der Waals surface area contributed by atoms with E-state index in [2.05, 4.69) is 34.5 Å². The van der Waals surface area contributed by atoms with Gasteiger partial charge in [0.15, 0.2) is 0 Å². The van der Waals surface area contributed by atoms with Crippen LogP contribution in [0.2, 0.25) is 0 Å². The number of carbonyl (C=O) groups is 1. The molecule has 0 saturated carbocycles. The minimum atomic E-state index is -0.665. The zero-order valence-electron chi connectivity index (χ0n) is 19.0. The molecule has 0 radical (unpaired) electrons. The lowest BCUT2D eigenvalue weighted by Crippen LogP contribution is -2.56. The van der Waals surface area contributed by atoms with Gasteiger partial charge in [-0.3, -0.25) is 9.69 Å². The monoisotopic (exact) mass is 445 g/mol. The summed E-state index contributed by atoms with van der Waals surface area (Å²) < 4.78 is 0. The Hall–Kier alpha value is -3.02. The van der Waals surface area contributed by atoms with Crippen molar-refractivity contribution in [1.82, 2.24) is 10.2 Å². The Kier molecular flexibility index (Phi) is 8.14. The second-order valence-electron chi connectivity index (χ2n) is 8.49. The van der Waals surface area contributed by atoms with E-state index in [1.807, 2.05) is 92.5 Å². The van der Waals surface area contributed by atoms with Crippen LogP contribution in [0, 0.1) is 0 Å². The summed E-state index contributed by atoms with van der Waals surface area (Å²) in [7, 11) is 1.93. The molecule has 32 heavy (non-hydrogen) atoms. The molecule has 0 aliphatic rings. The van der Waals surface area contributed by atoms with Gasteiger partial charge in [-0.25, -0.2) is 0 Å². The SMILES string of the molecule is CN(C(=S)C(C)(C)NC(=O)CN(Cc1ccccc1)Cc1ccccc1)c1ccccc1. The summed E-state index contributed by atoms with van der Waals surface area (Å²) in [5, 5.41) is 3.15. The Morgan fingerprint density at radius 2 is 1.25 bits per heavy atom. The van der Waals surface area contributed by atoms with E-state index in [0.29, 0.717) is 18.1 Å². The maximum Gasteiger partial charge on any atom is 0.234 e. The highest BCUT2D eigenvalue weighted by molar-refractivity contribution is 7.80. The molecule has 3 aromatic carbocycles. The third kappa shape index (κ3) is 6.74. The van der Waals surface area contributed by atoms with Crippen LogP contribution in [-0.2, 0) is 17.9 Å². The van der Waals surface area contributed by atoms with Gasteiger partial charge in [0.2, 0.25) is 5.91 Å². The summed E-state index contributed by atoms with van der Waals surface area (Å²) in [6.45, 7) is 5.57. The molecule has 0 saturated heterocycles. The summed E-state index contributed by atoms with van der Waals surface area (Å²) in [6.07, 6.45) is 0. The number of rotatable bonds is 9. The predicted molar refractivity (Wildman–Crippen MR) is 137 cm³/mol. The number of likely N-dealkylation sites (N-methyl/N-ethyl adjacent to an activating group) is 1. The molecule has 0 unspecified atom stereocenters. The van der Waals surface area contributed by atoms with E-state index in [1.54, 1.807) is 0 Å². The Balaban J connectivity index is 1.68. The molecule has 0 bridgehead atoms. The van der Waals surface area contributed by atoms with Crippen LogP contribution in [-0.4, -0.2) is 34.9 Å². The molecule has 0 fully saturated rings. The van der Waals surface area contributed by atoms with Crippen molar-refractivity contribution >= 4 is 28.8 Å². The first-order valence-electron chi connectivity index (χ1n) is 10.8. The first kappa shape index (κ1) is 23.6. The first-order valence-corrected chi connectivity index (χ1v) is 11.2. The highest BCUT2D eigenvalue weighted by atomic mass is 32.1. The molecule has 0 aliphatic heterocycles. The third-order valence-corrected chi connectivity index (χ3v) is 6.08. The van der Waals surface area contributed by atoms with Crippen molar-refractivity contribution in [2.45, 2.75) is 32.5 Å². The summed E-state index contributed by atoms with van der Waals surface area (Å²) in [5.74, 6) is -0.0503. The summed E-state index contributed by atoms with van der Waals surface area (Å²) in [5.41, 5.74) is 2.68. The molecule has 0 heterocycles. The molecule has 1 amide bonds. The molecule has 0 aromatic heterocycles. The first-order chi connectivity index (χ1) is 15.3. The largest absolute Gasteiger partial charge is 0.344 e. The Morgan fingerprint density at radius 3 is 1.72 bits per heavy atom. The molecular formula is C27H31N3OS. The van der Waals surface area contributed by atoms with Gasteiger partial charge in [0, 0.05) is 25.8 Å². The molecule has 4 nitrogen and oxygen atoms in total. The topological polar surface area (TPSA) is 35.6 Å². The fraction of sp³-hybridized carbons (Fsp3) is 0.259. The van der Waals surface area contributed by atoms with Gasteiger partial charge in [0.25, 0.3) is 0 Å². The number of carbonyl (C=O) groups excluding carboxylic acids is 1. The summed E-state index contributed by atoms with van der Waals surface area (Å²) >= 11 is 5.73. The second-order valence-corrected chi connectivity index (χ2v) is 8.88. The maximum atomic E-state index is 13.1. The van der Waals surface area contributed by atoms with Gasteiger partial charge in [0.05, 0.1) is 12.1 Å². The average molecular weight is 446 g/mol. The van der Waals surface area contributed by atoms with E-state index in [0.717, 1.165) is 5.69 Å². The lowest BCUT2D eigenvalue weighted by atomic mass is 10.0. The number of benzene rings is 3. The second kappa shape index (κ2) is 11.0. The summed E-state index contributed by atoms with van der Waals surface area (Å²) in [4.78, 5) is 17.8. The zero-order valence-corrected chi connectivity index (χ0v) is 19.8. The highest BCUT2D eigenvalue weighted by Crippen LogP contribution is 2.18. The number of hydrogen-bond donors (Lipinski definition) is 1. The number of anilines is 1. The summed E-state index contributed by atoms with van der Waals surface area (Å²) in [6, 6.07) is 30.4. The molecule has 1 N–H and O–H groups in total. The smallest absolute Gasteiger partial charge is 0.234 e. The van der Waals surface area contributed by atoms with E-state index in [4.69, 9.17) is 12.2 Å². The van der Waals surface area contributed by atoms with Gasteiger partial charge in [-0.05, 0) is 37.1 Å². The van der Waals surface area contributed by atoms with E-state index in [9.17, 15) is 4.79 Å². The van der Waals surface area contributed by atoms with Crippen LogP contribution in [0.3, 0.4) is 0 Å². The average Bonchev–Trinajstić information content (AvgIpc) is 2.79. The molecular weight excluding hydrogens is 414 g/mol. The van der Waals surface area contributed by atoms with Gasteiger partial charge in [-0.15, -0.1) is 0 Å². The number of hydrogen-bond acceptors (Lipinski definition) is 3. The van der Waals surface area contributed by atoms with Gasteiger partial charge in [0.1, 0.15) is 4.99 Å². The van der Waals surface area contributed by atoms with Gasteiger partial charge in [-0.1, -0.05) is 91.1 Å². The van der Waals surface area contributed by atoms with Crippen molar-refractivity contribution in [3.63, 3.8) is 0 Å². The van der Waals surface area contributed by atoms with E-state index in [1.165, 1.54) is 11.1 Å². The molecule has 3 rings (SSSR count). The predicted octanol–water partition coefficient (Wildman–Crippen LogP) is 5.05. The van der Waals surface area contributed by atoms with Crippen molar-refractivity contribution in [2.24, 2.45) is 0 Å². The third-order valence-electron chi connectivity index (χ3n) is 5.30. The van der Waals surface area contributed by atoms with Crippen LogP contribution in [0.25, 0.3) is 0 Å². The molecule has 3 aromatic rings. The van der Waals surface area contributed by atoms with Crippen LogP contribution in [0.1, 0.15) is 25.0 Å².